The summed E-state index contributed by atoms with van der Waals surface area (Å²) in [6, 6.07) is 1.85. The molecule has 22 heavy (non-hydrogen) atoms. The number of hydrogen-bond acceptors (Lipinski definition) is 4. The highest BCUT2D eigenvalue weighted by Crippen LogP contribution is 2.42. The van der Waals surface area contributed by atoms with Crippen molar-refractivity contribution in [1.29, 1.82) is 0 Å². The lowest BCUT2D eigenvalue weighted by Crippen LogP contribution is -2.41. The van der Waals surface area contributed by atoms with Crippen LogP contribution in [0.15, 0.2) is 27.3 Å². The first-order chi connectivity index (χ1) is 10.3. The van der Waals surface area contributed by atoms with Crippen LogP contribution in [0.5, 0.6) is 0 Å². The highest BCUT2D eigenvalue weighted by Gasteiger charge is 2.46. The Labute approximate surface area is 132 Å². The van der Waals surface area contributed by atoms with E-state index < -0.39 is 32.2 Å². The van der Waals surface area contributed by atoms with Crippen molar-refractivity contribution in [2.24, 2.45) is 16.1 Å². The Kier molecular flexibility index (Phi) is 3.73. The SMILES string of the molecule is CC1(C2CCN(S(=O)(=O)c3c(Cl)ccc(F)c3F)CC2)N=N1. The minimum atomic E-state index is -4.17. The second kappa shape index (κ2) is 5.21. The zero-order valence-electron chi connectivity index (χ0n) is 11.8. The fourth-order valence-electron chi connectivity index (χ4n) is 2.76. The van der Waals surface area contributed by atoms with Gasteiger partial charge in [0.1, 0.15) is 4.90 Å². The van der Waals surface area contributed by atoms with Gasteiger partial charge in [0.2, 0.25) is 10.0 Å². The number of benzene rings is 1. The smallest absolute Gasteiger partial charge is 0.207 e. The predicted molar refractivity (Wildman–Crippen MR) is 76.1 cm³/mol. The van der Waals surface area contributed by atoms with Gasteiger partial charge < -0.3 is 0 Å². The third-order valence-corrected chi connectivity index (χ3v) is 6.63. The quantitative estimate of drug-likeness (QED) is 0.787. The molecule has 2 aliphatic rings. The fraction of sp³-hybridized carbons (Fsp3) is 0.538. The summed E-state index contributed by atoms with van der Waals surface area (Å²) in [7, 11) is -4.17. The first kappa shape index (κ1) is 15.8. The van der Waals surface area contributed by atoms with Crippen molar-refractivity contribution in [3.63, 3.8) is 0 Å². The zero-order valence-corrected chi connectivity index (χ0v) is 13.3. The van der Waals surface area contributed by atoms with Gasteiger partial charge >= 0.3 is 0 Å². The number of hydrogen-bond donors (Lipinski definition) is 0. The molecule has 2 aliphatic heterocycles. The monoisotopic (exact) mass is 349 g/mol. The van der Waals surface area contributed by atoms with E-state index in [1.807, 2.05) is 6.92 Å². The van der Waals surface area contributed by atoms with Crippen LogP contribution >= 0.6 is 11.6 Å². The van der Waals surface area contributed by atoms with E-state index in [9.17, 15) is 17.2 Å². The number of halogens is 3. The topological polar surface area (TPSA) is 62.1 Å². The van der Waals surface area contributed by atoms with Crippen LogP contribution in [0.1, 0.15) is 19.8 Å². The minimum absolute atomic E-state index is 0.173. The van der Waals surface area contributed by atoms with Gasteiger partial charge in [-0.15, -0.1) is 0 Å². The third kappa shape index (κ3) is 2.53. The van der Waals surface area contributed by atoms with Crippen LogP contribution < -0.4 is 0 Å². The molecule has 1 fully saturated rings. The molecule has 0 bridgehead atoms. The molecule has 1 saturated heterocycles. The summed E-state index contributed by atoms with van der Waals surface area (Å²) in [4.78, 5) is -0.792. The van der Waals surface area contributed by atoms with Crippen LogP contribution in [0.3, 0.4) is 0 Å². The third-order valence-electron chi connectivity index (χ3n) is 4.24. The summed E-state index contributed by atoms with van der Waals surface area (Å²) in [5.41, 5.74) is -0.405. The Balaban J connectivity index is 1.84. The molecule has 5 nitrogen and oxygen atoms in total. The Bertz CT molecular complexity index is 740. The highest BCUT2D eigenvalue weighted by atomic mass is 35.5. The lowest BCUT2D eigenvalue weighted by atomic mass is 9.89. The summed E-state index contributed by atoms with van der Waals surface area (Å²) in [6.07, 6.45) is 1.13. The Hall–Kier alpha value is -1.12. The van der Waals surface area contributed by atoms with Gasteiger partial charge in [-0.05, 0) is 31.9 Å². The highest BCUT2D eigenvalue weighted by molar-refractivity contribution is 7.89. The van der Waals surface area contributed by atoms with Crippen LogP contribution in [0.2, 0.25) is 5.02 Å². The average Bonchev–Trinajstić information content (AvgIpc) is 3.22. The molecule has 0 aromatic heterocycles. The van der Waals surface area contributed by atoms with E-state index in [2.05, 4.69) is 10.2 Å². The molecule has 0 radical (unpaired) electrons. The second-order valence-corrected chi connectivity index (χ2v) is 7.93. The molecule has 9 heteroatoms. The molecule has 0 N–H and O–H groups in total. The molecular weight excluding hydrogens is 336 g/mol. The van der Waals surface area contributed by atoms with E-state index in [1.165, 1.54) is 0 Å². The first-order valence-electron chi connectivity index (χ1n) is 6.83. The van der Waals surface area contributed by atoms with Gasteiger partial charge in [-0.25, -0.2) is 17.2 Å². The Morgan fingerprint density at radius 2 is 1.86 bits per heavy atom. The summed E-state index contributed by atoms with van der Waals surface area (Å²) >= 11 is 5.77. The van der Waals surface area contributed by atoms with Crippen LogP contribution in [0, 0.1) is 17.6 Å². The van der Waals surface area contributed by atoms with Crippen LogP contribution in [0.4, 0.5) is 8.78 Å². The molecule has 0 amide bonds. The predicted octanol–water partition coefficient (Wildman–Crippen LogP) is 3.20. The standard InChI is InChI=1S/C13H14ClF2N3O2S/c1-13(17-18-13)8-4-6-19(7-5-8)22(20,21)12-9(14)2-3-10(15)11(12)16/h2-3,8H,4-7H2,1H3. The van der Waals surface area contributed by atoms with Gasteiger partial charge in [0, 0.05) is 19.0 Å². The van der Waals surface area contributed by atoms with Crippen LogP contribution in [-0.2, 0) is 10.0 Å². The van der Waals surface area contributed by atoms with Gasteiger partial charge in [-0.2, -0.15) is 14.5 Å². The second-order valence-electron chi connectivity index (χ2n) is 5.64. The molecule has 0 spiro atoms. The number of nitrogens with zero attached hydrogens (tertiary/aromatic N) is 3. The normalized spacial score (nSPS) is 22.0. The van der Waals surface area contributed by atoms with E-state index in [0.717, 1.165) is 16.4 Å². The van der Waals surface area contributed by atoms with Crippen molar-refractivity contribution in [2.45, 2.75) is 30.3 Å². The van der Waals surface area contributed by atoms with Gasteiger partial charge in [-0.3, -0.25) is 0 Å². The van der Waals surface area contributed by atoms with Crippen molar-refractivity contribution in [1.82, 2.24) is 4.31 Å². The van der Waals surface area contributed by atoms with Crippen molar-refractivity contribution >= 4 is 21.6 Å². The zero-order chi connectivity index (χ0) is 16.1. The first-order valence-corrected chi connectivity index (χ1v) is 8.65. The van der Waals surface area contributed by atoms with E-state index in [4.69, 9.17) is 11.6 Å². The van der Waals surface area contributed by atoms with Crippen LogP contribution in [-0.4, -0.2) is 31.5 Å². The van der Waals surface area contributed by atoms with Gasteiger partial charge in [0.25, 0.3) is 0 Å². The van der Waals surface area contributed by atoms with Gasteiger partial charge in [0.15, 0.2) is 17.3 Å². The maximum atomic E-state index is 13.9. The average molecular weight is 350 g/mol. The van der Waals surface area contributed by atoms with E-state index in [0.29, 0.717) is 12.8 Å². The number of rotatable bonds is 3. The van der Waals surface area contributed by atoms with Crippen molar-refractivity contribution in [3.8, 4) is 0 Å². The van der Waals surface area contributed by atoms with E-state index in [-0.39, 0.29) is 24.0 Å². The largest absolute Gasteiger partial charge is 0.247 e. The summed E-state index contributed by atoms with van der Waals surface area (Å²) < 4.78 is 53.5. The molecule has 0 saturated carbocycles. The van der Waals surface area contributed by atoms with Crippen molar-refractivity contribution in [3.05, 3.63) is 28.8 Å². The molecule has 1 aromatic rings. The maximum absolute atomic E-state index is 13.9. The molecular formula is C13H14ClF2N3O2S. The van der Waals surface area contributed by atoms with Crippen molar-refractivity contribution < 1.29 is 17.2 Å². The molecule has 1 aromatic carbocycles. The summed E-state index contributed by atoms with van der Waals surface area (Å²) in [6.45, 7) is 2.31. The molecule has 0 aliphatic carbocycles. The van der Waals surface area contributed by atoms with Crippen molar-refractivity contribution in [2.75, 3.05) is 13.1 Å². The number of sulfonamides is 1. The van der Waals surface area contributed by atoms with Gasteiger partial charge in [-0.1, -0.05) is 11.6 Å². The van der Waals surface area contributed by atoms with E-state index >= 15 is 0 Å². The molecule has 3 rings (SSSR count). The molecule has 2 heterocycles. The Morgan fingerprint density at radius 1 is 1.27 bits per heavy atom. The van der Waals surface area contributed by atoms with E-state index in [1.54, 1.807) is 0 Å². The minimum Gasteiger partial charge on any atom is -0.207 e. The van der Waals surface area contributed by atoms with Gasteiger partial charge in [0.05, 0.1) is 5.02 Å². The lowest BCUT2D eigenvalue weighted by molar-refractivity contribution is 0.231. The summed E-state index contributed by atoms with van der Waals surface area (Å²) in [5.74, 6) is -2.50. The number of piperidine rings is 1. The molecule has 120 valence electrons. The lowest BCUT2D eigenvalue weighted by Gasteiger charge is -2.32. The molecule has 0 unspecified atom stereocenters. The maximum Gasteiger partial charge on any atom is 0.247 e. The molecule has 0 atom stereocenters. The van der Waals surface area contributed by atoms with Crippen LogP contribution in [0.25, 0.3) is 0 Å². The fourth-order valence-corrected chi connectivity index (χ4v) is 4.79. The Morgan fingerprint density at radius 3 is 2.41 bits per heavy atom. The summed E-state index contributed by atoms with van der Waals surface area (Å²) in [5, 5.41) is 7.62.